The number of carbonyl (C=O) groups is 2. The Morgan fingerprint density at radius 1 is 0.786 bits per heavy atom. The molecule has 4 heteroatoms. The lowest BCUT2D eigenvalue weighted by Crippen LogP contribution is -2.28. The molecule has 0 bridgehead atoms. The van der Waals surface area contributed by atoms with Gasteiger partial charge < -0.3 is 10.2 Å². The Bertz CT molecular complexity index is 924. The van der Waals surface area contributed by atoms with Crippen molar-refractivity contribution in [2.24, 2.45) is 0 Å². The molecule has 142 valence electrons. The highest BCUT2D eigenvalue weighted by atomic mass is 16.2. The van der Waals surface area contributed by atoms with Crippen LogP contribution in [0.1, 0.15) is 31.8 Å². The molecule has 1 N–H and O–H groups in total. The first-order valence-corrected chi connectivity index (χ1v) is 9.35. The van der Waals surface area contributed by atoms with Gasteiger partial charge in [-0.15, -0.1) is 0 Å². The Kier molecular flexibility index (Phi) is 6.58. The lowest BCUT2D eigenvalue weighted by molar-refractivity contribution is 0.0785. The monoisotopic (exact) mass is 372 g/mol. The normalized spacial score (nSPS) is 10.3. The van der Waals surface area contributed by atoms with Crippen LogP contribution in [0.5, 0.6) is 0 Å². The summed E-state index contributed by atoms with van der Waals surface area (Å²) in [6.07, 6.45) is 0.769. The molecule has 0 heterocycles. The zero-order chi connectivity index (χ0) is 19.8. The Labute approximate surface area is 165 Å². The van der Waals surface area contributed by atoms with E-state index in [9.17, 15) is 9.59 Å². The standard InChI is InChI=1S/C24H24N2O2/c1-26(18-20-11-6-3-7-12-20)24(28)22-14-8-13-21(17-22)23(27)25-16-15-19-9-4-2-5-10-19/h2-14,17H,15-16,18H2,1H3,(H,25,27). The van der Waals surface area contributed by atoms with Crippen LogP contribution >= 0.6 is 0 Å². The second kappa shape index (κ2) is 9.51. The van der Waals surface area contributed by atoms with Crippen LogP contribution in [0.15, 0.2) is 84.9 Å². The first-order valence-electron chi connectivity index (χ1n) is 9.35. The maximum Gasteiger partial charge on any atom is 0.253 e. The summed E-state index contributed by atoms with van der Waals surface area (Å²) in [6, 6.07) is 26.7. The van der Waals surface area contributed by atoms with Gasteiger partial charge in [0.1, 0.15) is 0 Å². The minimum absolute atomic E-state index is 0.109. The fraction of sp³-hybridized carbons (Fsp3) is 0.167. The van der Waals surface area contributed by atoms with Gasteiger partial charge in [-0.05, 0) is 35.7 Å². The number of benzene rings is 3. The van der Waals surface area contributed by atoms with E-state index in [0.717, 1.165) is 12.0 Å². The molecule has 0 saturated heterocycles. The minimum atomic E-state index is -0.170. The number of hydrogen-bond acceptors (Lipinski definition) is 2. The maximum atomic E-state index is 12.7. The summed E-state index contributed by atoms with van der Waals surface area (Å²) < 4.78 is 0. The van der Waals surface area contributed by atoms with Crippen molar-refractivity contribution in [3.05, 3.63) is 107 Å². The number of nitrogens with one attached hydrogen (secondary N) is 1. The summed E-state index contributed by atoms with van der Waals surface area (Å²) in [5.74, 6) is -0.279. The molecular formula is C24H24N2O2. The predicted molar refractivity (Wildman–Crippen MR) is 111 cm³/mol. The van der Waals surface area contributed by atoms with E-state index in [1.54, 1.807) is 36.2 Å². The molecule has 0 fully saturated rings. The van der Waals surface area contributed by atoms with Crippen molar-refractivity contribution in [3.63, 3.8) is 0 Å². The number of nitrogens with zero attached hydrogens (tertiary/aromatic N) is 1. The van der Waals surface area contributed by atoms with Gasteiger partial charge >= 0.3 is 0 Å². The Morgan fingerprint density at radius 2 is 1.39 bits per heavy atom. The van der Waals surface area contributed by atoms with Crippen molar-refractivity contribution in [2.45, 2.75) is 13.0 Å². The smallest absolute Gasteiger partial charge is 0.253 e. The van der Waals surface area contributed by atoms with Crippen molar-refractivity contribution >= 4 is 11.8 Å². The average Bonchev–Trinajstić information content (AvgIpc) is 2.74. The van der Waals surface area contributed by atoms with Crippen LogP contribution in [0.2, 0.25) is 0 Å². The number of amides is 2. The van der Waals surface area contributed by atoms with E-state index in [4.69, 9.17) is 0 Å². The van der Waals surface area contributed by atoms with Gasteiger partial charge in [0.15, 0.2) is 0 Å². The van der Waals surface area contributed by atoms with E-state index in [1.165, 1.54) is 5.56 Å². The molecule has 0 aliphatic rings. The molecule has 0 radical (unpaired) electrons. The van der Waals surface area contributed by atoms with Gasteiger partial charge in [0, 0.05) is 31.3 Å². The van der Waals surface area contributed by atoms with Crippen LogP contribution in [-0.2, 0) is 13.0 Å². The molecular weight excluding hydrogens is 348 g/mol. The SMILES string of the molecule is CN(Cc1ccccc1)C(=O)c1cccc(C(=O)NCCc2ccccc2)c1. The van der Waals surface area contributed by atoms with Crippen molar-refractivity contribution in [3.8, 4) is 0 Å². The van der Waals surface area contributed by atoms with Gasteiger partial charge in [-0.1, -0.05) is 66.7 Å². The molecule has 2 amide bonds. The highest BCUT2D eigenvalue weighted by Gasteiger charge is 2.14. The van der Waals surface area contributed by atoms with Crippen LogP contribution in [0, 0.1) is 0 Å². The first-order chi connectivity index (χ1) is 13.6. The summed E-state index contributed by atoms with van der Waals surface area (Å²) in [7, 11) is 1.77. The molecule has 0 aliphatic carbocycles. The maximum absolute atomic E-state index is 12.7. The fourth-order valence-electron chi connectivity index (χ4n) is 3.01. The summed E-state index contributed by atoms with van der Waals surface area (Å²) in [5.41, 5.74) is 3.24. The molecule has 4 nitrogen and oxygen atoms in total. The van der Waals surface area contributed by atoms with Crippen molar-refractivity contribution < 1.29 is 9.59 Å². The zero-order valence-corrected chi connectivity index (χ0v) is 16.0. The molecule has 0 unspecified atom stereocenters. The Morgan fingerprint density at radius 3 is 2.07 bits per heavy atom. The van der Waals surface area contributed by atoms with Gasteiger partial charge in [0.2, 0.25) is 0 Å². The van der Waals surface area contributed by atoms with Gasteiger partial charge in [-0.2, -0.15) is 0 Å². The van der Waals surface area contributed by atoms with Crippen LogP contribution in [0.3, 0.4) is 0 Å². The number of carbonyl (C=O) groups excluding carboxylic acids is 2. The molecule has 0 spiro atoms. The lowest BCUT2D eigenvalue weighted by Gasteiger charge is -2.17. The van der Waals surface area contributed by atoms with E-state index in [2.05, 4.69) is 5.32 Å². The second-order valence-corrected chi connectivity index (χ2v) is 6.72. The summed E-state index contributed by atoms with van der Waals surface area (Å²) in [6.45, 7) is 1.07. The number of rotatable bonds is 7. The quantitative estimate of drug-likeness (QED) is 0.683. The van der Waals surface area contributed by atoms with Gasteiger partial charge in [0.05, 0.1) is 0 Å². The van der Waals surface area contributed by atoms with Crippen molar-refractivity contribution in [1.82, 2.24) is 10.2 Å². The summed E-state index contributed by atoms with van der Waals surface area (Å²) >= 11 is 0. The lowest BCUT2D eigenvalue weighted by atomic mass is 10.1. The molecule has 0 aromatic heterocycles. The predicted octanol–water partition coefficient (Wildman–Crippen LogP) is 3.93. The zero-order valence-electron chi connectivity index (χ0n) is 16.0. The highest BCUT2D eigenvalue weighted by Crippen LogP contribution is 2.11. The largest absolute Gasteiger partial charge is 0.352 e. The van der Waals surface area contributed by atoms with E-state index in [0.29, 0.717) is 24.2 Å². The number of hydrogen-bond donors (Lipinski definition) is 1. The van der Waals surface area contributed by atoms with Gasteiger partial charge in [-0.25, -0.2) is 0 Å². The van der Waals surface area contributed by atoms with Crippen LogP contribution in [-0.4, -0.2) is 30.3 Å². The highest BCUT2D eigenvalue weighted by molar-refractivity contribution is 5.99. The van der Waals surface area contributed by atoms with Crippen LogP contribution in [0.4, 0.5) is 0 Å². The van der Waals surface area contributed by atoms with E-state index in [1.807, 2.05) is 60.7 Å². The van der Waals surface area contributed by atoms with E-state index >= 15 is 0 Å². The Hall–Kier alpha value is -3.40. The molecule has 0 saturated carbocycles. The first kappa shape index (κ1) is 19.4. The summed E-state index contributed by atoms with van der Waals surface area (Å²) in [4.78, 5) is 26.8. The third-order valence-corrected chi connectivity index (χ3v) is 4.52. The Balaban J connectivity index is 1.59. The summed E-state index contributed by atoms with van der Waals surface area (Å²) in [5, 5.41) is 2.92. The third-order valence-electron chi connectivity index (χ3n) is 4.52. The van der Waals surface area contributed by atoms with E-state index in [-0.39, 0.29) is 11.8 Å². The van der Waals surface area contributed by atoms with Gasteiger partial charge in [-0.3, -0.25) is 9.59 Å². The van der Waals surface area contributed by atoms with Crippen LogP contribution in [0.25, 0.3) is 0 Å². The minimum Gasteiger partial charge on any atom is -0.352 e. The average molecular weight is 372 g/mol. The second-order valence-electron chi connectivity index (χ2n) is 6.72. The van der Waals surface area contributed by atoms with Crippen LogP contribution < -0.4 is 5.32 Å². The third kappa shape index (κ3) is 5.30. The molecule has 3 rings (SSSR count). The molecule has 0 atom stereocenters. The van der Waals surface area contributed by atoms with E-state index < -0.39 is 0 Å². The molecule has 3 aromatic carbocycles. The molecule has 3 aromatic rings. The topological polar surface area (TPSA) is 49.4 Å². The molecule has 28 heavy (non-hydrogen) atoms. The fourth-order valence-corrected chi connectivity index (χ4v) is 3.01. The van der Waals surface area contributed by atoms with Crippen molar-refractivity contribution in [1.29, 1.82) is 0 Å². The van der Waals surface area contributed by atoms with Crippen molar-refractivity contribution in [2.75, 3.05) is 13.6 Å². The van der Waals surface area contributed by atoms with Gasteiger partial charge in [0.25, 0.3) is 11.8 Å². The molecule has 0 aliphatic heterocycles.